The molecule has 0 N–H and O–H groups in total. The third-order valence-electron chi connectivity index (χ3n) is 12.3. The third kappa shape index (κ3) is 49.3. The predicted octanol–water partition coefficient (Wildman–Crippen LogP) is 18.2. The van der Waals surface area contributed by atoms with Crippen LogP contribution in [0.15, 0.2) is 12.2 Å². The van der Waals surface area contributed by atoms with Crippen molar-refractivity contribution < 1.29 is 23.8 Å². The van der Waals surface area contributed by atoms with E-state index in [1.54, 1.807) is 0 Å². The molecule has 0 fully saturated rings. The molecule has 60 heavy (non-hydrogen) atoms. The van der Waals surface area contributed by atoms with Crippen molar-refractivity contribution in [2.75, 3.05) is 19.8 Å². The highest BCUT2D eigenvalue weighted by Gasteiger charge is 2.17. The van der Waals surface area contributed by atoms with E-state index in [4.69, 9.17) is 14.2 Å². The normalized spacial score (nSPS) is 12.1. The fourth-order valence-corrected chi connectivity index (χ4v) is 8.21. The molecule has 5 nitrogen and oxygen atoms in total. The van der Waals surface area contributed by atoms with E-state index in [0.29, 0.717) is 26.1 Å². The minimum absolute atomic E-state index is 0.0924. The van der Waals surface area contributed by atoms with Gasteiger partial charge in [-0.3, -0.25) is 9.59 Å². The maximum Gasteiger partial charge on any atom is 0.306 e. The highest BCUT2D eigenvalue weighted by molar-refractivity contribution is 5.70. The summed E-state index contributed by atoms with van der Waals surface area (Å²) >= 11 is 0. The molecule has 0 saturated heterocycles. The maximum absolute atomic E-state index is 12.8. The summed E-state index contributed by atoms with van der Waals surface area (Å²) in [6, 6.07) is 0. The third-order valence-corrected chi connectivity index (χ3v) is 12.3. The van der Waals surface area contributed by atoms with E-state index in [2.05, 4.69) is 32.9 Å². The quantitative estimate of drug-likeness (QED) is 0.0347. The number of esters is 2. The summed E-state index contributed by atoms with van der Waals surface area (Å²) in [5, 5.41) is 0. The van der Waals surface area contributed by atoms with Gasteiger partial charge in [0.25, 0.3) is 0 Å². The van der Waals surface area contributed by atoms with Gasteiger partial charge in [-0.25, -0.2) is 0 Å². The lowest BCUT2D eigenvalue weighted by atomic mass is 10.0. The zero-order valence-corrected chi connectivity index (χ0v) is 41.0. The molecule has 0 aliphatic carbocycles. The Morgan fingerprint density at radius 1 is 0.350 bits per heavy atom. The summed E-state index contributed by atoms with van der Waals surface area (Å²) in [5.74, 6) is -0.381. The molecule has 1 unspecified atom stereocenters. The summed E-state index contributed by atoms with van der Waals surface area (Å²) in [4.78, 5) is 25.3. The monoisotopic (exact) mass is 847 g/mol. The van der Waals surface area contributed by atoms with E-state index in [1.165, 1.54) is 231 Å². The summed E-state index contributed by atoms with van der Waals surface area (Å²) < 4.78 is 17.3. The van der Waals surface area contributed by atoms with Crippen LogP contribution in [0.2, 0.25) is 0 Å². The average Bonchev–Trinajstić information content (AvgIpc) is 3.25. The van der Waals surface area contributed by atoms with Gasteiger partial charge in [-0.15, -0.1) is 0 Å². The van der Waals surface area contributed by atoms with Gasteiger partial charge in [-0.2, -0.15) is 0 Å². The second-order valence-electron chi connectivity index (χ2n) is 18.5. The number of hydrogen-bond acceptors (Lipinski definition) is 5. The molecule has 0 aromatic carbocycles. The van der Waals surface area contributed by atoms with Gasteiger partial charge in [0.1, 0.15) is 6.61 Å². The molecule has 0 radical (unpaired) electrons. The molecular weight excluding hydrogens is 741 g/mol. The van der Waals surface area contributed by atoms with Crippen LogP contribution >= 0.6 is 0 Å². The Balaban J connectivity index is 3.99. The van der Waals surface area contributed by atoms with Gasteiger partial charge >= 0.3 is 11.9 Å². The minimum atomic E-state index is -0.525. The first-order valence-electron chi connectivity index (χ1n) is 27.2. The molecule has 5 heteroatoms. The number of allylic oxidation sites excluding steroid dienone is 2. The highest BCUT2D eigenvalue weighted by atomic mass is 16.6. The van der Waals surface area contributed by atoms with Crippen molar-refractivity contribution in [1.29, 1.82) is 0 Å². The van der Waals surface area contributed by atoms with Crippen LogP contribution in [0, 0.1) is 0 Å². The van der Waals surface area contributed by atoms with Gasteiger partial charge in [-0.1, -0.05) is 258 Å². The van der Waals surface area contributed by atoms with Crippen LogP contribution in [-0.4, -0.2) is 37.9 Å². The molecule has 1 atom stereocenters. The largest absolute Gasteiger partial charge is 0.462 e. The number of carbonyl (C=O) groups excluding carboxylic acids is 2. The molecule has 0 bridgehead atoms. The van der Waals surface area contributed by atoms with Crippen molar-refractivity contribution in [2.24, 2.45) is 0 Å². The van der Waals surface area contributed by atoms with Crippen molar-refractivity contribution in [3.8, 4) is 0 Å². The number of rotatable bonds is 51. The maximum atomic E-state index is 12.8. The molecule has 0 spiro atoms. The van der Waals surface area contributed by atoms with Gasteiger partial charge in [-0.05, 0) is 44.9 Å². The van der Waals surface area contributed by atoms with Crippen LogP contribution in [0.5, 0.6) is 0 Å². The van der Waals surface area contributed by atoms with E-state index in [-0.39, 0.29) is 18.5 Å². The predicted molar refractivity (Wildman–Crippen MR) is 261 cm³/mol. The highest BCUT2D eigenvalue weighted by Crippen LogP contribution is 2.17. The van der Waals surface area contributed by atoms with Gasteiger partial charge in [0.2, 0.25) is 0 Å². The van der Waals surface area contributed by atoms with Gasteiger partial charge < -0.3 is 14.2 Å². The van der Waals surface area contributed by atoms with Crippen molar-refractivity contribution in [1.82, 2.24) is 0 Å². The Bertz CT molecular complexity index is 871. The summed E-state index contributed by atoms with van der Waals surface area (Å²) in [7, 11) is 0. The molecule has 0 aromatic heterocycles. The molecular formula is C55H106O5. The van der Waals surface area contributed by atoms with Gasteiger partial charge in [0.15, 0.2) is 6.10 Å². The standard InChI is InChI=1S/C55H106O5/c1-4-7-10-13-16-18-20-22-24-26-28-30-32-34-36-38-40-42-45-48-54(56)59-52-53(51-58-50-47-44-15-12-9-6-3)60-55(57)49-46-43-41-39-37-35-33-31-29-27-25-23-21-19-17-14-11-8-5-2/h22,24,53H,4-21,23,25-52H2,1-3H3/b24-22-. The molecule has 0 rings (SSSR count). The van der Waals surface area contributed by atoms with E-state index in [1.807, 2.05) is 0 Å². The van der Waals surface area contributed by atoms with E-state index in [9.17, 15) is 9.59 Å². The Hall–Kier alpha value is -1.36. The van der Waals surface area contributed by atoms with Crippen molar-refractivity contribution >= 4 is 11.9 Å². The molecule has 0 aliphatic heterocycles. The lowest BCUT2D eigenvalue weighted by molar-refractivity contribution is -0.163. The summed E-state index contributed by atoms with van der Waals surface area (Å²) in [6.45, 7) is 7.85. The first kappa shape index (κ1) is 58.6. The van der Waals surface area contributed by atoms with Crippen LogP contribution in [0.1, 0.15) is 303 Å². The van der Waals surface area contributed by atoms with Crippen LogP contribution in [0.3, 0.4) is 0 Å². The Morgan fingerprint density at radius 2 is 0.650 bits per heavy atom. The Kier molecular flexibility index (Phi) is 50.8. The number of ether oxygens (including phenoxy) is 3. The van der Waals surface area contributed by atoms with Crippen LogP contribution in [-0.2, 0) is 23.8 Å². The molecule has 0 aromatic rings. The van der Waals surface area contributed by atoms with Gasteiger partial charge in [0.05, 0.1) is 6.61 Å². The van der Waals surface area contributed by atoms with Crippen LogP contribution < -0.4 is 0 Å². The number of hydrogen-bond donors (Lipinski definition) is 0. The lowest BCUT2D eigenvalue weighted by Crippen LogP contribution is -2.30. The Morgan fingerprint density at radius 3 is 1.02 bits per heavy atom. The molecule has 0 saturated carbocycles. The number of carbonyl (C=O) groups is 2. The van der Waals surface area contributed by atoms with E-state index < -0.39 is 6.10 Å². The van der Waals surface area contributed by atoms with E-state index >= 15 is 0 Å². The van der Waals surface area contributed by atoms with Gasteiger partial charge in [0, 0.05) is 19.4 Å². The zero-order chi connectivity index (χ0) is 43.5. The number of unbranched alkanes of at least 4 members (excludes halogenated alkanes) is 38. The average molecular weight is 847 g/mol. The molecule has 0 amide bonds. The Labute approximate surface area is 375 Å². The molecule has 0 heterocycles. The molecule has 356 valence electrons. The second-order valence-corrected chi connectivity index (χ2v) is 18.5. The smallest absolute Gasteiger partial charge is 0.306 e. The van der Waals surface area contributed by atoms with Crippen molar-refractivity contribution in [3.05, 3.63) is 12.2 Å². The van der Waals surface area contributed by atoms with Crippen LogP contribution in [0.25, 0.3) is 0 Å². The zero-order valence-electron chi connectivity index (χ0n) is 41.0. The summed E-state index contributed by atoms with van der Waals surface area (Å²) in [6.07, 6.45) is 59.6. The van der Waals surface area contributed by atoms with Crippen molar-refractivity contribution in [3.63, 3.8) is 0 Å². The first-order valence-corrected chi connectivity index (χ1v) is 27.2. The SMILES string of the molecule is CCCCCCCC/C=C\CCCCCCCCCCCC(=O)OCC(COCCCCCCCC)OC(=O)CCCCCCCCCCCCCCCCCCCCC. The second kappa shape index (κ2) is 52.0. The fraction of sp³-hybridized carbons (Fsp3) is 0.927. The first-order chi connectivity index (χ1) is 29.6. The van der Waals surface area contributed by atoms with Crippen LogP contribution in [0.4, 0.5) is 0 Å². The topological polar surface area (TPSA) is 61.8 Å². The van der Waals surface area contributed by atoms with Crippen molar-refractivity contribution in [2.45, 2.75) is 309 Å². The lowest BCUT2D eigenvalue weighted by Gasteiger charge is -2.18. The van der Waals surface area contributed by atoms with E-state index in [0.717, 1.165) is 38.5 Å². The fourth-order valence-electron chi connectivity index (χ4n) is 8.21. The summed E-state index contributed by atoms with van der Waals surface area (Å²) in [5.41, 5.74) is 0. The minimum Gasteiger partial charge on any atom is -0.462 e. The molecule has 0 aliphatic rings.